The van der Waals surface area contributed by atoms with Crippen LogP contribution in [0.15, 0.2) is 273 Å². The smallest absolute Gasteiger partial charge is 0.160 e. The molecule has 0 radical (unpaired) electrons. The maximum atomic E-state index is 5.83. The molecule has 15 aromatic rings. The van der Waals surface area contributed by atoms with Crippen molar-refractivity contribution in [1.29, 1.82) is 0 Å². The van der Waals surface area contributed by atoms with Crippen molar-refractivity contribution in [3.63, 3.8) is 0 Å². The van der Waals surface area contributed by atoms with E-state index in [4.69, 9.17) is 9.97 Å². The molecule has 5 aliphatic rings. The Morgan fingerprint density at radius 3 is 1.53 bits per heavy atom. The predicted octanol–water partition coefficient (Wildman–Crippen LogP) is 22.8. The first kappa shape index (κ1) is 53.5. The van der Waals surface area contributed by atoms with Gasteiger partial charge in [0.15, 0.2) is 5.82 Å². The van der Waals surface area contributed by atoms with E-state index in [1.807, 2.05) is 0 Å². The van der Waals surface area contributed by atoms with Crippen molar-refractivity contribution in [2.24, 2.45) is 0 Å². The van der Waals surface area contributed by atoms with Gasteiger partial charge in [0.05, 0.1) is 39.0 Å². The molecule has 12 aromatic carbocycles. The van der Waals surface area contributed by atoms with E-state index in [0.29, 0.717) is 5.82 Å². The Labute approximate surface area is 546 Å². The Morgan fingerprint density at radius 2 is 0.894 bits per heavy atom. The summed E-state index contributed by atoms with van der Waals surface area (Å²) in [5.41, 5.74) is 33.8. The van der Waals surface area contributed by atoms with E-state index in [9.17, 15) is 0 Å². The quantitative estimate of drug-likeness (QED) is 0.167. The van der Waals surface area contributed by atoms with E-state index in [1.165, 1.54) is 127 Å². The van der Waals surface area contributed by atoms with Gasteiger partial charge in [-0.05, 0) is 157 Å². The summed E-state index contributed by atoms with van der Waals surface area (Å²) in [6.45, 7) is 14.4. The van der Waals surface area contributed by atoms with Gasteiger partial charge in [-0.2, -0.15) is 0 Å². The van der Waals surface area contributed by atoms with Crippen LogP contribution >= 0.6 is 0 Å². The van der Waals surface area contributed by atoms with Crippen LogP contribution in [-0.4, -0.2) is 19.1 Å². The summed E-state index contributed by atoms with van der Waals surface area (Å²) in [5, 5.41) is 6.03. The van der Waals surface area contributed by atoms with Crippen LogP contribution in [0.5, 0.6) is 0 Å². The molecule has 4 heterocycles. The summed E-state index contributed by atoms with van der Waals surface area (Å²) in [6.07, 6.45) is 7.87. The van der Waals surface area contributed by atoms with E-state index < -0.39 is 0 Å². The highest BCUT2D eigenvalue weighted by atomic mass is 15.2. The molecule has 0 N–H and O–H groups in total. The van der Waals surface area contributed by atoms with Crippen LogP contribution in [0.25, 0.3) is 133 Å². The lowest BCUT2D eigenvalue weighted by Crippen LogP contribution is -2.21. The van der Waals surface area contributed by atoms with Gasteiger partial charge < -0.3 is 14.0 Å². The minimum absolute atomic E-state index is 0.183. The fourth-order valence-electron chi connectivity index (χ4n) is 18.1. The van der Waals surface area contributed by atoms with Crippen LogP contribution in [0.4, 0.5) is 11.4 Å². The molecule has 0 amide bonds. The summed E-state index contributed by atoms with van der Waals surface area (Å²) in [6, 6.07) is 93.2. The van der Waals surface area contributed by atoms with Crippen molar-refractivity contribution in [2.45, 2.75) is 70.1 Å². The van der Waals surface area contributed by atoms with Crippen molar-refractivity contribution in [2.75, 3.05) is 4.90 Å². The van der Waals surface area contributed by atoms with Crippen molar-refractivity contribution in [3.05, 3.63) is 312 Å². The van der Waals surface area contributed by atoms with E-state index in [0.717, 1.165) is 62.3 Å². The molecule has 20 rings (SSSR count). The predicted molar refractivity (Wildman–Crippen MR) is 390 cm³/mol. The summed E-state index contributed by atoms with van der Waals surface area (Å²) in [4.78, 5) is 14.0. The van der Waals surface area contributed by atoms with Crippen molar-refractivity contribution in [1.82, 2.24) is 19.1 Å². The zero-order valence-corrected chi connectivity index (χ0v) is 53.4. The lowest BCUT2D eigenvalue weighted by Gasteiger charge is -2.30. The van der Waals surface area contributed by atoms with Gasteiger partial charge >= 0.3 is 0 Å². The molecular formula is C89H65N5. The molecule has 5 nitrogen and oxygen atoms in total. The average molecular weight is 1200 g/mol. The lowest BCUT2D eigenvalue weighted by molar-refractivity contribution is 0.660. The van der Waals surface area contributed by atoms with E-state index in [-0.39, 0.29) is 22.2 Å². The Kier molecular flexibility index (Phi) is 10.8. The first-order valence-electron chi connectivity index (χ1n) is 33.3. The molecule has 4 aliphatic carbocycles. The third-order valence-electron chi connectivity index (χ3n) is 22.3. The third-order valence-corrected chi connectivity index (χ3v) is 22.3. The van der Waals surface area contributed by atoms with Crippen molar-refractivity contribution < 1.29 is 0 Å². The topological polar surface area (TPSA) is 38.9 Å². The first-order chi connectivity index (χ1) is 45.9. The molecule has 0 bridgehead atoms. The normalized spacial score (nSPS) is 16.3. The molecule has 94 heavy (non-hydrogen) atoms. The Morgan fingerprint density at radius 1 is 0.372 bits per heavy atom. The highest BCUT2D eigenvalue weighted by Crippen LogP contribution is 2.61. The average Bonchev–Trinajstić information content (AvgIpc) is 1.55. The van der Waals surface area contributed by atoms with E-state index in [2.05, 4.69) is 323 Å². The van der Waals surface area contributed by atoms with Gasteiger partial charge in [-0.15, -0.1) is 0 Å². The highest BCUT2D eigenvalue weighted by molar-refractivity contribution is 6.15. The summed E-state index contributed by atoms with van der Waals surface area (Å²) in [5.74, 6) is 0.941. The van der Waals surface area contributed by atoms with Crippen LogP contribution in [0.2, 0.25) is 0 Å². The Bertz CT molecular complexity index is 5940. The van der Waals surface area contributed by atoms with Gasteiger partial charge in [0.25, 0.3) is 0 Å². The number of hydrogen-bond acceptors (Lipinski definition) is 3. The molecule has 0 saturated carbocycles. The van der Waals surface area contributed by atoms with Crippen LogP contribution in [-0.2, 0) is 16.2 Å². The van der Waals surface area contributed by atoms with Crippen molar-refractivity contribution >= 4 is 65.9 Å². The molecule has 5 heteroatoms. The van der Waals surface area contributed by atoms with Crippen LogP contribution in [0.1, 0.15) is 92.8 Å². The third kappa shape index (κ3) is 7.13. The number of benzene rings is 12. The second-order valence-electron chi connectivity index (χ2n) is 28.3. The maximum Gasteiger partial charge on any atom is 0.160 e. The van der Waals surface area contributed by atoms with Crippen LogP contribution in [0.3, 0.4) is 0 Å². The Hall–Kier alpha value is -11.1. The molecule has 1 aliphatic heterocycles. The summed E-state index contributed by atoms with van der Waals surface area (Å²) in [7, 11) is 0. The molecule has 0 spiro atoms. The van der Waals surface area contributed by atoms with Gasteiger partial charge in [-0.1, -0.05) is 242 Å². The second kappa shape index (κ2) is 19.0. The maximum absolute atomic E-state index is 5.83. The molecule has 1 unspecified atom stereocenters. The number of hydrogen-bond donors (Lipinski definition) is 0. The number of fused-ring (bicyclic) bond motifs is 22. The van der Waals surface area contributed by atoms with Gasteiger partial charge in [-0.25, -0.2) is 9.97 Å². The monoisotopic (exact) mass is 1200 g/mol. The fourth-order valence-corrected chi connectivity index (χ4v) is 18.1. The fraction of sp³-hybridized carbons (Fsp3) is 0.124. The molecule has 0 fully saturated rings. The molecule has 3 aromatic heterocycles. The van der Waals surface area contributed by atoms with Crippen molar-refractivity contribution in [3.8, 4) is 78.5 Å². The molecular weight excluding hydrogens is 1140 g/mol. The molecule has 1 atom stereocenters. The first-order valence-corrected chi connectivity index (χ1v) is 33.3. The summed E-state index contributed by atoms with van der Waals surface area (Å²) >= 11 is 0. The minimum atomic E-state index is -0.230. The zero-order chi connectivity index (χ0) is 62.7. The number of para-hydroxylation sites is 2. The standard InChI is InChI=1S/C89H65N5/c1-87(2)72-31-13-7-25-59(72)65-42-45-68-62-28-10-16-34-76(62)92(83(68)79(65)87)56-40-37-52(38-41-56)53-39-48-75-71(51-53)82(54-21-19-23-57(49-54)93-77-35-17-11-29-63(77)69-46-43-66-60-26-8-14-32-73(60)88(3,4)80(66)84(69)93)91-86(90-75)55-22-20-24-58(50-55)94-78-36-18-12-30-64(78)70-47-44-67-61-27-9-15-33-74(61)89(5,6)81(67)85(70)94/h7-29,31-51,64H,30H2,1-6H3. The number of nitrogens with zero attached hydrogens (tertiary/aromatic N) is 5. The summed E-state index contributed by atoms with van der Waals surface area (Å²) < 4.78 is 5.04. The zero-order valence-electron chi connectivity index (χ0n) is 53.4. The minimum Gasteiger partial charge on any atom is -0.313 e. The van der Waals surface area contributed by atoms with Crippen LogP contribution < -0.4 is 4.90 Å². The number of allylic oxidation sites excluding steroid dienone is 4. The van der Waals surface area contributed by atoms with Gasteiger partial charge in [0.2, 0.25) is 0 Å². The SMILES string of the molecule is CC1(C)c2ccccc2-c2ccc3c(c21)N(c1cccc(-c2nc(-c4cccc(-n5c6ccccc6c6ccc7c(c65)C(C)(C)c5ccccc5-7)c4)c4cc(-c5ccc(-n6c7ccccc7c7ccc8c(c76)C(C)(C)c6ccccc6-8)cc5)ccc4n2)c1)C1=CC=CCC13. The van der Waals surface area contributed by atoms with Crippen LogP contribution in [0, 0.1) is 0 Å². The number of rotatable bonds is 6. The highest BCUT2D eigenvalue weighted by Gasteiger charge is 2.46. The largest absolute Gasteiger partial charge is 0.313 e. The second-order valence-corrected chi connectivity index (χ2v) is 28.3. The van der Waals surface area contributed by atoms with Gasteiger partial charge in [0.1, 0.15) is 0 Å². The number of anilines is 2. The molecule has 446 valence electrons. The van der Waals surface area contributed by atoms with Gasteiger partial charge in [0, 0.05) is 83.0 Å². The van der Waals surface area contributed by atoms with Gasteiger partial charge in [-0.3, -0.25) is 0 Å². The Balaban J connectivity index is 0.767. The molecule has 0 saturated heterocycles. The van der Waals surface area contributed by atoms with E-state index in [1.54, 1.807) is 0 Å². The number of aromatic nitrogens is 4. The van der Waals surface area contributed by atoms with E-state index >= 15 is 0 Å². The lowest BCUT2D eigenvalue weighted by atomic mass is 9.80.